The molecule has 1 amide bonds. The molecule has 2 aromatic carbocycles. The summed E-state index contributed by atoms with van der Waals surface area (Å²) in [6, 6.07) is 17.0. The third-order valence-electron chi connectivity index (χ3n) is 3.96. The quantitative estimate of drug-likeness (QED) is 0.808. The fraction of sp³-hybridized carbons (Fsp3) is 0.0500. The summed E-state index contributed by atoms with van der Waals surface area (Å²) in [5.74, 6) is 0.957. The van der Waals surface area contributed by atoms with Crippen LogP contribution in [0.4, 0.5) is 0 Å². The number of carbonyl (C=O) groups is 1. The van der Waals surface area contributed by atoms with Crippen molar-refractivity contribution < 1.29 is 4.79 Å². The predicted octanol–water partition coefficient (Wildman–Crippen LogP) is 3.57. The molecule has 4 nitrogen and oxygen atoms in total. The molecule has 2 heterocycles. The molecular weight excluding hydrogens is 298 g/mol. The van der Waals surface area contributed by atoms with Crippen LogP contribution in [0.5, 0.6) is 0 Å². The van der Waals surface area contributed by atoms with Gasteiger partial charge in [-0.1, -0.05) is 48.5 Å². The molecule has 0 spiro atoms. The van der Waals surface area contributed by atoms with Crippen molar-refractivity contribution in [2.75, 3.05) is 0 Å². The molecule has 116 valence electrons. The largest absolute Gasteiger partial charge is 0.329 e. The lowest BCUT2D eigenvalue weighted by molar-refractivity contribution is 0.100. The molecule has 0 saturated heterocycles. The monoisotopic (exact) mass is 313 g/mol. The van der Waals surface area contributed by atoms with Crippen LogP contribution in [0.15, 0.2) is 89.0 Å². The minimum atomic E-state index is -0.284. The molecule has 0 saturated carbocycles. The van der Waals surface area contributed by atoms with Gasteiger partial charge in [-0.15, -0.1) is 0 Å². The van der Waals surface area contributed by atoms with Gasteiger partial charge in [0.05, 0.1) is 0 Å². The maximum absolute atomic E-state index is 12.5. The van der Waals surface area contributed by atoms with E-state index in [0.717, 1.165) is 17.0 Å². The lowest BCUT2D eigenvalue weighted by Gasteiger charge is -2.20. The Morgan fingerprint density at radius 2 is 1.79 bits per heavy atom. The molecule has 0 unspecified atom stereocenters. The summed E-state index contributed by atoms with van der Waals surface area (Å²) in [4.78, 5) is 23.5. The van der Waals surface area contributed by atoms with Gasteiger partial charge in [0.1, 0.15) is 5.84 Å². The maximum Gasteiger partial charge on any atom is 0.279 e. The zero-order valence-electron chi connectivity index (χ0n) is 13.0. The van der Waals surface area contributed by atoms with E-state index in [-0.39, 0.29) is 5.91 Å². The van der Waals surface area contributed by atoms with Gasteiger partial charge >= 0.3 is 0 Å². The van der Waals surface area contributed by atoms with Crippen LogP contribution in [0.3, 0.4) is 0 Å². The summed E-state index contributed by atoms with van der Waals surface area (Å²) in [5.41, 5.74) is 2.55. The van der Waals surface area contributed by atoms with Crippen LogP contribution in [0.2, 0.25) is 0 Å². The first-order chi connectivity index (χ1) is 11.8. The highest BCUT2D eigenvalue weighted by Crippen LogP contribution is 2.21. The van der Waals surface area contributed by atoms with Crippen LogP contribution in [-0.4, -0.2) is 22.5 Å². The topological polar surface area (TPSA) is 45.0 Å². The zero-order valence-corrected chi connectivity index (χ0v) is 13.0. The molecule has 2 aromatic rings. The standard InChI is InChI=1S/C20H15N3O/c24-20(15-8-2-1-3-9-15)22-19-17-11-5-4-10-16(17)14-23-13-7-6-12-18(23)21-19/h1-13H,14H2. The van der Waals surface area contributed by atoms with Crippen LogP contribution in [0.25, 0.3) is 0 Å². The number of carbonyl (C=O) groups excluding carboxylic acids is 1. The van der Waals surface area contributed by atoms with E-state index in [1.165, 1.54) is 0 Å². The van der Waals surface area contributed by atoms with E-state index in [2.05, 4.69) is 9.98 Å². The first-order valence-corrected chi connectivity index (χ1v) is 7.78. The number of hydrogen-bond donors (Lipinski definition) is 0. The minimum Gasteiger partial charge on any atom is -0.329 e. The molecule has 0 bridgehead atoms. The number of benzene rings is 2. The van der Waals surface area contributed by atoms with Crippen LogP contribution in [-0.2, 0) is 6.54 Å². The van der Waals surface area contributed by atoms with E-state index in [4.69, 9.17) is 0 Å². The number of amides is 1. The summed E-state index contributed by atoms with van der Waals surface area (Å²) in [5, 5.41) is 0. The van der Waals surface area contributed by atoms with Gasteiger partial charge in [-0.25, -0.2) is 4.99 Å². The number of allylic oxidation sites excluding steroid dienone is 2. The van der Waals surface area contributed by atoms with Crippen molar-refractivity contribution >= 4 is 17.6 Å². The molecule has 0 aliphatic carbocycles. The third kappa shape index (κ3) is 2.70. The Balaban J connectivity index is 1.82. The molecule has 2 aliphatic heterocycles. The normalized spacial score (nSPS) is 17.1. The molecular formula is C20H15N3O. The summed E-state index contributed by atoms with van der Waals surface area (Å²) in [6.45, 7) is 0.703. The van der Waals surface area contributed by atoms with Gasteiger partial charge in [0, 0.05) is 23.9 Å². The highest BCUT2D eigenvalue weighted by atomic mass is 16.1. The van der Waals surface area contributed by atoms with Gasteiger partial charge in [-0.2, -0.15) is 4.99 Å². The van der Waals surface area contributed by atoms with Gasteiger partial charge < -0.3 is 4.90 Å². The molecule has 4 heteroatoms. The molecule has 4 rings (SSSR count). The van der Waals surface area contributed by atoms with Crippen molar-refractivity contribution in [1.29, 1.82) is 0 Å². The fourth-order valence-electron chi connectivity index (χ4n) is 2.76. The smallest absolute Gasteiger partial charge is 0.279 e. The Hall–Kier alpha value is -3.27. The van der Waals surface area contributed by atoms with E-state index in [0.29, 0.717) is 17.9 Å². The average molecular weight is 313 g/mol. The number of rotatable bonds is 1. The van der Waals surface area contributed by atoms with Crippen molar-refractivity contribution in [3.8, 4) is 0 Å². The Morgan fingerprint density at radius 1 is 1.00 bits per heavy atom. The van der Waals surface area contributed by atoms with Gasteiger partial charge in [0.2, 0.25) is 0 Å². The Labute approximate surface area is 140 Å². The molecule has 24 heavy (non-hydrogen) atoms. The van der Waals surface area contributed by atoms with Crippen molar-refractivity contribution in [1.82, 2.24) is 4.90 Å². The number of fused-ring (bicyclic) bond motifs is 2. The van der Waals surface area contributed by atoms with E-state index < -0.39 is 0 Å². The molecule has 0 atom stereocenters. The third-order valence-corrected chi connectivity index (χ3v) is 3.96. The van der Waals surface area contributed by atoms with Crippen molar-refractivity contribution in [2.24, 2.45) is 9.98 Å². The van der Waals surface area contributed by atoms with Crippen molar-refractivity contribution in [2.45, 2.75) is 6.54 Å². The van der Waals surface area contributed by atoms with Gasteiger partial charge in [0.25, 0.3) is 5.91 Å². The summed E-state index contributed by atoms with van der Waals surface area (Å²) >= 11 is 0. The predicted molar refractivity (Wildman–Crippen MR) is 95.0 cm³/mol. The van der Waals surface area contributed by atoms with Gasteiger partial charge in [-0.05, 0) is 29.8 Å². The number of hydrogen-bond acceptors (Lipinski definition) is 2. The number of nitrogens with zero attached hydrogens (tertiary/aromatic N) is 3. The van der Waals surface area contributed by atoms with E-state index in [9.17, 15) is 4.79 Å². The SMILES string of the molecule is O=C(N=C1N=C2C=CC=CN2Cc2ccccc21)c1ccccc1. The van der Waals surface area contributed by atoms with Crippen LogP contribution in [0, 0.1) is 0 Å². The highest BCUT2D eigenvalue weighted by molar-refractivity contribution is 6.16. The summed E-state index contributed by atoms with van der Waals surface area (Å²) < 4.78 is 0. The number of aliphatic imine (C=N–C) groups is 2. The van der Waals surface area contributed by atoms with Crippen LogP contribution >= 0.6 is 0 Å². The Bertz CT molecular complexity index is 907. The maximum atomic E-state index is 12.5. The lowest BCUT2D eigenvalue weighted by atomic mass is 10.1. The Kier molecular flexibility index (Phi) is 3.63. The van der Waals surface area contributed by atoms with E-state index >= 15 is 0 Å². The van der Waals surface area contributed by atoms with Crippen molar-refractivity contribution in [3.63, 3.8) is 0 Å². The second-order valence-electron chi connectivity index (χ2n) is 5.56. The van der Waals surface area contributed by atoms with Gasteiger partial charge in [-0.3, -0.25) is 4.79 Å². The highest BCUT2D eigenvalue weighted by Gasteiger charge is 2.20. The average Bonchev–Trinajstić information content (AvgIpc) is 2.79. The fourth-order valence-corrected chi connectivity index (χ4v) is 2.76. The summed E-state index contributed by atoms with van der Waals surface area (Å²) in [6.07, 6.45) is 7.81. The van der Waals surface area contributed by atoms with Gasteiger partial charge in [0.15, 0.2) is 5.84 Å². The molecule has 0 aromatic heterocycles. The van der Waals surface area contributed by atoms with Crippen LogP contribution in [0.1, 0.15) is 21.5 Å². The molecule has 0 radical (unpaired) electrons. The second kappa shape index (κ2) is 6.08. The minimum absolute atomic E-state index is 0.284. The van der Waals surface area contributed by atoms with E-state index in [1.54, 1.807) is 12.1 Å². The molecule has 0 N–H and O–H groups in total. The zero-order chi connectivity index (χ0) is 16.4. The summed E-state index contributed by atoms with van der Waals surface area (Å²) in [7, 11) is 0. The second-order valence-corrected chi connectivity index (χ2v) is 5.56. The first kappa shape index (κ1) is 14.3. The molecule has 0 fully saturated rings. The first-order valence-electron chi connectivity index (χ1n) is 7.78. The Morgan fingerprint density at radius 3 is 2.67 bits per heavy atom. The van der Waals surface area contributed by atoms with E-state index in [1.807, 2.05) is 71.8 Å². The molecule has 2 aliphatic rings. The van der Waals surface area contributed by atoms with Crippen molar-refractivity contribution in [3.05, 3.63) is 95.7 Å². The van der Waals surface area contributed by atoms with Crippen LogP contribution < -0.4 is 0 Å². The number of amidine groups is 2. The lowest BCUT2D eigenvalue weighted by Crippen LogP contribution is -2.24.